The number of anilines is 2. The van der Waals surface area contributed by atoms with Crippen LogP contribution in [0.15, 0.2) is 80.1 Å². The molecule has 9 nitrogen and oxygen atoms in total. The van der Waals surface area contributed by atoms with Crippen LogP contribution in [-0.2, 0) is 9.59 Å². The summed E-state index contributed by atoms with van der Waals surface area (Å²) in [4.78, 5) is 31.9. The number of hydrogen-bond donors (Lipinski definition) is 2. The van der Waals surface area contributed by atoms with Crippen LogP contribution in [0.2, 0.25) is 0 Å². The van der Waals surface area contributed by atoms with Crippen molar-refractivity contribution in [1.82, 2.24) is 15.2 Å². The molecule has 1 aliphatic heterocycles. The molecule has 0 radical (unpaired) electrons. The number of carbonyl (C=O) groups excluding carboxylic acids is 2. The summed E-state index contributed by atoms with van der Waals surface area (Å²) in [7, 11) is 0. The predicted octanol–water partition coefficient (Wildman–Crippen LogP) is 5.37. The number of thioether (sulfide) groups is 1. The van der Waals surface area contributed by atoms with Crippen LogP contribution in [-0.4, -0.2) is 32.6 Å². The largest absolute Gasteiger partial charge is 0.384 e. The molecule has 2 aromatic heterocycles. The molecule has 1 aliphatic carbocycles. The van der Waals surface area contributed by atoms with Crippen LogP contribution in [0.5, 0.6) is 0 Å². The van der Waals surface area contributed by atoms with Crippen molar-refractivity contribution < 1.29 is 9.59 Å². The van der Waals surface area contributed by atoms with E-state index in [9.17, 15) is 14.9 Å². The zero-order valence-corrected chi connectivity index (χ0v) is 24.4. The SMILES string of the molecule is CC1(C)CC(=O)C2=C(C1)N(c1nnc(SCC(=O)Nc3ccc(Br)cn3)s1)C(N)=C(C#N)C2c1ccccc1. The Bertz CT molecular complexity index is 1540. The summed E-state index contributed by atoms with van der Waals surface area (Å²) < 4.78 is 1.38. The number of ketones is 1. The molecule has 12 heteroatoms. The molecule has 1 aromatic carbocycles. The second-order valence-electron chi connectivity index (χ2n) is 9.94. The second-order valence-corrected chi connectivity index (χ2v) is 13.0. The van der Waals surface area contributed by atoms with E-state index >= 15 is 0 Å². The number of allylic oxidation sites excluding steroid dienone is 3. The van der Waals surface area contributed by atoms with Gasteiger partial charge in [-0.05, 0) is 45.5 Å². The Morgan fingerprint density at radius 3 is 2.72 bits per heavy atom. The molecule has 3 N–H and O–H groups in total. The van der Waals surface area contributed by atoms with Crippen LogP contribution in [0.25, 0.3) is 0 Å². The van der Waals surface area contributed by atoms with E-state index < -0.39 is 5.92 Å². The van der Waals surface area contributed by atoms with Crippen molar-refractivity contribution in [2.75, 3.05) is 16.0 Å². The van der Waals surface area contributed by atoms with Gasteiger partial charge in [-0.25, -0.2) is 4.98 Å². The number of carbonyl (C=O) groups is 2. The Kier molecular flexibility index (Phi) is 7.57. The molecular formula is C27H24BrN7O2S2. The zero-order valence-electron chi connectivity index (χ0n) is 21.1. The second kappa shape index (κ2) is 10.9. The number of nitriles is 1. The maximum Gasteiger partial charge on any atom is 0.235 e. The number of hydrogen-bond acceptors (Lipinski definition) is 10. The molecular weight excluding hydrogens is 598 g/mol. The maximum atomic E-state index is 13.6. The lowest BCUT2D eigenvalue weighted by molar-refractivity contribution is -0.118. The molecule has 39 heavy (non-hydrogen) atoms. The maximum absolute atomic E-state index is 13.6. The van der Waals surface area contributed by atoms with E-state index in [4.69, 9.17) is 5.73 Å². The summed E-state index contributed by atoms with van der Waals surface area (Å²) in [6.45, 7) is 4.09. The van der Waals surface area contributed by atoms with Crippen LogP contribution in [0.3, 0.4) is 0 Å². The third-order valence-corrected chi connectivity index (χ3v) is 8.93. The number of amides is 1. The summed E-state index contributed by atoms with van der Waals surface area (Å²) in [5.74, 6) is 0.0281. The van der Waals surface area contributed by atoms with Crippen LogP contribution >= 0.6 is 39.0 Å². The monoisotopic (exact) mass is 621 g/mol. The fraction of sp³-hybridized carbons (Fsp3) is 0.259. The van der Waals surface area contributed by atoms with Gasteiger partial charge < -0.3 is 11.1 Å². The lowest BCUT2D eigenvalue weighted by Crippen LogP contribution is -2.42. The molecule has 2 aliphatic rings. The van der Waals surface area contributed by atoms with Gasteiger partial charge in [-0.2, -0.15) is 5.26 Å². The fourth-order valence-corrected chi connectivity index (χ4v) is 6.73. The minimum absolute atomic E-state index is 0.00214. The van der Waals surface area contributed by atoms with E-state index in [1.165, 1.54) is 23.1 Å². The summed E-state index contributed by atoms with van der Waals surface area (Å²) in [6, 6.07) is 15.3. The van der Waals surface area contributed by atoms with Gasteiger partial charge in [-0.3, -0.25) is 14.5 Å². The number of nitrogens with zero attached hydrogens (tertiary/aromatic N) is 5. The van der Waals surface area contributed by atoms with Crippen molar-refractivity contribution in [3.05, 3.63) is 81.4 Å². The minimum Gasteiger partial charge on any atom is -0.384 e. The number of nitrogens with two attached hydrogens (primary N) is 1. The normalized spacial score (nSPS) is 18.6. The molecule has 3 aromatic rings. The number of Topliss-reactive ketones (excluding diaryl/α,β-unsaturated/α-hetero) is 1. The summed E-state index contributed by atoms with van der Waals surface area (Å²) in [5.41, 5.74) is 8.84. The van der Waals surface area contributed by atoms with Crippen LogP contribution in [0, 0.1) is 16.7 Å². The quantitative estimate of drug-likeness (QED) is 0.348. The van der Waals surface area contributed by atoms with Gasteiger partial charge in [0.2, 0.25) is 11.0 Å². The first-order chi connectivity index (χ1) is 18.7. The molecule has 1 amide bonds. The molecule has 5 rings (SSSR count). The van der Waals surface area contributed by atoms with E-state index in [0.29, 0.717) is 39.3 Å². The number of rotatable bonds is 6. The third-order valence-electron chi connectivity index (χ3n) is 6.42. The lowest BCUT2D eigenvalue weighted by atomic mass is 9.69. The van der Waals surface area contributed by atoms with Crippen molar-refractivity contribution in [2.45, 2.75) is 36.9 Å². The molecule has 0 fully saturated rings. The first kappa shape index (κ1) is 27.1. The lowest BCUT2D eigenvalue weighted by Gasteiger charge is -2.42. The molecule has 1 unspecified atom stereocenters. The highest BCUT2D eigenvalue weighted by Crippen LogP contribution is 2.50. The van der Waals surface area contributed by atoms with Crippen molar-refractivity contribution in [1.29, 1.82) is 5.26 Å². The van der Waals surface area contributed by atoms with E-state index in [0.717, 1.165) is 15.7 Å². The highest BCUT2D eigenvalue weighted by molar-refractivity contribution is 9.10. The number of nitrogens with one attached hydrogen (secondary N) is 1. The molecule has 0 saturated heterocycles. The number of pyridine rings is 1. The number of aromatic nitrogens is 3. The summed E-state index contributed by atoms with van der Waals surface area (Å²) >= 11 is 5.81. The van der Waals surface area contributed by atoms with Gasteiger partial charge >= 0.3 is 0 Å². The van der Waals surface area contributed by atoms with Gasteiger partial charge in [0.15, 0.2) is 10.1 Å². The number of halogens is 1. The van der Waals surface area contributed by atoms with Gasteiger partial charge in [0.25, 0.3) is 0 Å². The van der Waals surface area contributed by atoms with Crippen LogP contribution in [0.4, 0.5) is 10.9 Å². The van der Waals surface area contributed by atoms with E-state index in [-0.39, 0.29) is 28.7 Å². The summed E-state index contributed by atoms with van der Waals surface area (Å²) in [6.07, 6.45) is 2.57. The van der Waals surface area contributed by atoms with Crippen molar-refractivity contribution in [3.8, 4) is 6.07 Å². The highest BCUT2D eigenvalue weighted by atomic mass is 79.9. The molecule has 3 heterocycles. The van der Waals surface area contributed by atoms with Gasteiger partial charge in [0, 0.05) is 28.4 Å². The fourth-order valence-electron chi connectivity index (χ4n) is 4.81. The van der Waals surface area contributed by atoms with Crippen LogP contribution in [0.1, 0.15) is 38.2 Å². The van der Waals surface area contributed by atoms with Gasteiger partial charge in [-0.15, -0.1) is 10.2 Å². The van der Waals surface area contributed by atoms with E-state index in [1.807, 2.05) is 44.2 Å². The van der Waals surface area contributed by atoms with Gasteiger partial charge in [0.05, 0.1) is 23.3 Å². The van der Waals surface area contributed by atoms with Crippen molar-refractivity contribution in [3.63, 3.8) is 0 Å². The highest BCUT2D eigenvalue weighted by Gasteiger charge is 2.45. The van der Waals surface area contributed by atoms with Gasteiger partial charge in [-0.1, -0.05) is 67.3 Å². The molecule has 0 saturated carbocycles. The summed E-state index contributed by atoms with van der Waals surface area (Å²) in [5, 5.41) is 22.0. The predicted molar refractivity (Wildman–Crippen MR) is 155 cm³/mol. The smallest absolute Gasteiger partial charge is 0.235 e. The first-order valence-corrected chi connectivity index (χ1v) is 14.6. The Balaban J connectivity index is 1.45. The van der Waals surface area contributed by atoms with Crippen molar-refractivity contribution in [2.24, 2.45) is 11.1 Å². The average molecular weight is 623 g/mol. The molecule has 198 valence electrons. The van der Waals surface area contributed by atoms with Gasteiger partial charge in [0.1, 0.15) is 11.6 Å². The Morgan fingerprint density at radius 2 is 2.03 bits per heavy atom. The minimum atomic E-state index is -0.538. The van der Waals surface area contributed by atoms with Crippen LogP contribution < -0.4 is 16.0 Å². The zero-order chi connectivity index (χ0) is 27.7. The Hall–Kier alpha value is -3.53. The molecule has 0 spiro atoms. The topological polar surface area (TPSA) is 138 Å². The molecule has 1 atom stereocenters. The van der Waals surface area contributed by atoms with E-state index in [1.54, 1.807) is 23.2 Å². The molecule has 0 bridgehead atoms. The number of benzene rings is 1. The van der Waals surface area contributed by atoms with Crippen molar-refractivity contribution >= 4 is 61.7 Å². The van der Waals surface area contributed by atoms with E-state index in [2.05, 4.69) is 42.5 Å². The first-order valence-electron chi connectivity index (χ1n) is 12.1. The standard InChI is InChI=1S/C27H24BrN7O2S2/c1-27(2)10-18-23(19(36)11-27)22(15-6-4-3-5-7-15)17(12-29)24(30)35(18)25-33-34-26(39-25)38-14-21(37)32-20-9-8-16(28)13-31-20/h3-9,13,22H,10-11,14,30H2,1-2H3,(H,31,32,37). The Morgan fingerprint density at radius 1 is 1.26 bits per heavy atom. The average Bonchev–Trinajstić information content (AvgIpc) is 3.36. The Labute approximate surface area is 242 Å². The third kappa shape index (κ3) is 5.61.